The van der Waals surface area contributed by atoms with E-state index in [1.54, 1.807) is 7.11 Å². The van der Waals surface area contributed by atoms with Crippen molar-refractivity contribution in [1.29, 1.82) is 0 Å². The summed E-state index contributed by atoms with van der Waals surface area (Å²) >= 11 is 0. The van der Waals surface area contributed by atoms with Crippen molar-refractivity contribution >= 4 is 11.8 Å². The zero-order valence-corrected chi connectivity index (χ0v) is 11.0. The van der Waals surface area contributed by atoms with Crippen LogP contribution in [0.25, 0.3) is 0 Å². The van der Waals surface area contributed by atoms with E-state index in [-0.39, 0.29) is 0 Å². The fraction of sp³-hybridized carbons (Fsp3) is 0.667. The lowest BCUT2D eigenvalue weighted by molar-refractivity contribution is 0.122. The minimum Gasteiger partial charge on any atom is -0.378 e. The molecule has 0 unspecified atom stereocenters. The van der Waals surface area contributed by atoms with Crippen LogP contribution in [0.1, 0.15) is 12.6 Å². The van der Waals surface area contributed by atoms with E-state index in [4.69, 9.17) is 9.47 Å². The molecule has 2 heterocycles. The number of aromatic nitrogens is 2. The molecule has 0 saturated carbocycles. The standard InChI is InChI=1S/C12H20N4O2/c1-3-13-11-8-10(9-17-2)14-12(15-11)16-4-6-18-7-5-16/h8H,3-7,9H2,1-2H3,(H,13,14,15). The van der Waals surface area contributed by atoms with Crippen LogP contribution in [0.2, 0.25) is 0 Å². The van der Waals surface area contributed by atoms with E-state index in [0.29, 0.717) is 6.61 Å². The summed E-state index contributed by atoms with van der Waals surface area (Å²) in [5.41, 5.74) is 0.893. The molecular formula is C12H20N4O2. The summed E-state index contributed by atoms with van der Waals surface area (Å²) in [6.07, 6.45) is 0. The van der Waals surface area contributed by atoms with Gasteiger partial charge in [0.25, 0.3) is 0 Å². The molecule has 6 heteroatoms. The third-order valence-electron chi connectivity index (χ3n) is 2.71. The Morgan fingerprint density at radius 2 is 2.17 bits per heavy atom. The number of methoxy groups -OCH3 is 1. The Balaban J connectivity index is 2.20. The number of nitrogens with zero attached hydrogens (tertiary/aromatic N) is 3. The SMILES string of the molecule is CCNc1cc(COC)nc(N2CCOCC2)n1. The zero-order valence-electron chi connectivity index (χ0n) is 11.0. The average molecular weight is 252 g/mol. The summed E-state index contributed by atoms with van der Waals surface area (Å²) in [6, 6.07) is 1.93. The molecule has 0 radical (unpaired) electrons. The Morgan fingerprint density at radius 3 is 2.83 bits per heavy atom. The lowest BCUT2D eigenvalue weighted by atomic mass is 10.4. The van der Waals surface area contributed by atoms with Crippen LogP contribution in [-0.4, -0.2) is 49.9 Å². The van der Waals surface area contributed by atoms with Crippen LogP contribution in [0.3, 0.4) is 0 Å². The first-order valence-corrected chi connectivity index (χ1v) is 6.27. The highest BCUT2D eigenvalue weighted by Gasteiger charge is 2.15. The Kier molecular flexibility index (Phi) is 4.72. The highest BCUT2D eigenvalue weighted by atomic mass is 16.5. The second-order valence-corrected chi connectivity index (χ2v) is 4.11. The van der Waals surface area contributed by atoms with Crippen molar-refractivity contribution in [3.05, 3.63) is 11.8 Å². The van der Waals surface area contributed by atoms with Gasteiger partial charge in [-0.2, -0.15) is 4.98 Å². The largest absolute Gasteiger partial charge is 0.378 e. The molecule has 18 heavy (non-hydrogen) atoms. The van der Waals surface area contributed by atoms with Crippen molar-refractivity contribution in [2.45, 2.75) is 13.5 Å². The molecule has 0 bridgehead atoms. The fourth-order valence-corrected chi connectivity index (χ4v) is 1.88. The van der Waals surface area contributed by atoms with Crippen molar-refractivity contribution in [2.75, 3.05) is 50.2 Å². The number of nitrogens with one attached hydrogen (secondary N) is 1. The summed E-state index contributed by atoms with van der Waals surface area (Å²) in [6.45, 7) is 6.52. The van der Waals surface area contributed by atoms with Gasteiger partial charge in [0, 0.05) is 32.8 Å². The maximum absolute atomic E-state index is 5.34. The van der Waals surface area contributed by atoms with Gasteiger partial charge >= 0.3 is 0 Å². The maximum atomic E-state index is 5.34. The molecule has 6 nitrogen and oxygen atoms in total. The van der Waals surface area contributed by atoms with Gasteiger partial charge in [0.05, 0.1) is 25.5 Å². The van der Waals surface area contributed by atoms with Crippen LogP contribution >= 0.6 is 0 Å². The lowest BCUT2D eigenvalue weighted by Crippen LogP contribution is -2.37. The molecule has 1 fully saturated rings. The first-order valence-electron chi connectivity index (χ1n) is 6.27. The summed E-state index contributed by atoms with van der Waals surface area (Å²) in [5, 5.41) is 3.22. The zero-order chi connectivity index (χ0) is 12.8. The fourth-order valence-electron chi connectivity index (χ4n) is 1.88. The van der Waals surface area contributed by atoms with Crippen LogP contribution in [0.15, 0.2) is 6.07 Å². The Labute approximate surface area is 107 Å². The first-order chi connectivity index (χ1) is 8.83. The molecule has 100 valence electrons. The van der Waals surface area contributed by atoms with E-state index >= 15 is 0 Å². The molecule has 0 atom stereocenters. The van der Waals surface area contributed by atoms with Crippen LogP contribution < -0.4 is 10.2 Å². The molecule has 1 aromatic heterocycles. The van der Waals surface area contributed by atoms with E-state index in [1.807, 2.05) is 13.0 Å². The van der Waals surface area contributed by atoms with Gasteiger partial charge in [-0.15, -0.1) is 0 Å². The Bertz CT molecular complexity index is 356. The van der Waals surface area contributed by atoms with Gasteiger partial charge < -0.3 is 19.7 Å². The molecular weight excluding hydrogens is 232 g/mol. The lowest BCUT2D eigenvalue weighted by Gasteiger charge is -2.27. The van der Waals surface area contributed by atoms with Gasteiger partial charge in [0.15, 0.2) is 0 Å². The van der Waals surface area contributed by atoms with Crippen LogP contribution in [0.4, 0.5) is 11.8 Å². The summed E-state index contributed by atoms with van der Waals surface area (Å²) in [7, 11) is 1.67. The summed E-state index contributed by atoms with van der Waals surface area (Å²) < 4.78 is 10.5. The molecule has 0 aromatic carbocycles. The highest BCUT2D eigenvalue weighted by molar-refractivity contribution is 5.43. The van der Waals surface area contributed by atoms with Crippen molar-refractivity contribution in [3.8, 4) is 0 Å². The number of ether oxygens (including phenoxy) is 2. The summed E-state index contributed by atoms with van der Waals surface area (Å²) in [5.74, 6) is 1.60. The molecule has 0 spiro atoms. The molecule has 1 aromatic rings. The van der Waals surface area contributed by atoms with Gasteiger partial charge in [0.1, 0.15) is 5.82 Å². The molecule has 1 aliphatic heterocycles. The molecule has 0 aliphatic carbocycles. The first kappa shape index (κ1) is 13.0. The van der Waals surface area contributed by atoms with Crippen LogP contribution in [-0.2, 0) is 16.1 Å². The predicted octanol–water partition coefficient (Wildman–Crippen LogP) is 0.891. The third-order valence-corrected chi connectivity index (χ3v) is 2.71. The van der Waals surface area contributed by atoms with Gasteiger partial charge in [-0.05, 0) is 6.92 Å². The smallest absolute Gasteiger partial charge is 0.227 e. The number of rotatable bonds is 5. The molecule has 1 N–H and O–H groups in total. The number of hydrogen-bond acceptors (Lipinski definition) is 6. The predicted molar refractivity (Wildman–Crippen MR) is 69.9 cm³/mol. The van der Waals surface area contributed by atoms with E-state index in [9.17, 15) is 0 Å². The Morgan fingerprint density at radius 1 is 1.39 bits per heavy atom. The number of hydrogen-bond donors (Lipinski definition) is 1. The van der Waals surface area contributed by atoms with Gasteiger partial charge in [0.2, 0.25) is 5.95 Å². The second-order valence-electron chi connectivity index (χ2n) is 4.11. The van der Waals surface area contributed by atoms with Gasteiger partial charge in [-0.1, -0.05) is 0 Å². The van der Waals surface area contributed by atoms with E-state index in [2.05, 4.69) is 20.2 Å². The van der Waals surface area contributed by atoms with Crippen molar-refractivity contribution < 1.29 is 9.47 Å². The minimum atomic E-state index is 0.498. The highest BCUT2D eigenvalue weighted by Crippen LogP contribution is 2.15. The van der Waals surface area contributed by atoms with Crippen molar-refractivity contribution in [2.24, 2.45) is 0 Å². The average Bonchev–Trinajstić information content (AvgIpc) is 2.40. The number of anilines is 2. The minimum absolute atomic E-state index is 0.498. The molecule has 2 rings (SSSR count). The molecule has 1 aliphatic rings. The van der Waals surface area contributed by atoms with Crippen molar-refractivity contribution in [1.82, 2.24) is 9.97 Å². The van der Waals surface area contributed by atoms with E-state index in [1.165, 1.54) is 0 Å². The normalized spacial score (nSPS) is 15.8. The Hall–Kier alpha value is -1.40. The molecule has 1 saturated heterocycles. The summed E-state index contributed by atoms with van der Waals surface area (Å²) in [4.78, 5) is 11.2. The van der Waals surface area contributed by atoms with Crippen LogP contribution in [0, 0.1) is 0 Å². The van der Waals surface area contributed by atoms with Crippen molar-refractivity contribution in [3.63, 3.8) is 0 Å². The number of morpholine rings is 1. The topological polar surface area (TPSA) is 59.5 Å². The van der Waals surface area contributed by atoms with E-state index in [0.717, 1.165) is 50.3 Å². The third kappa shape index (κ3) is 3.30. The quantitative estimate of drug-likeness (QED) is 0.840. The van der Waals surface area contributed by atoms with Gasteiger partial charge in [-0.3, -0.25) is 0 Å². The monoisotopic (exact) mass is 252 g/mol. The maximum Gasteiger partial charge on any atom is 0.227 e. The van der Waals surface area contributed by atoms with E-state index < -0.39 is 0 Å². The van der Waals surface area contributed by atoms with Crippen LogP contribution in [0.5, 0.6) is 0 Å². The second kappa shape index (κ2) is 6.51. The van der Waals surface area contributed by atoms with Gasteiger partial charge in [-0.25, -0.2) is 4.98 Å². The molecule has 0 amide bonds.